The highest BCUT2D eigenvalue weighted by Gasteiger charge is 2.25. The molecule has 0 bridgehead atoms. The summed E-state index contributed by atoms with van der Waals surface area (Å²) < 4.78 is 17.0. The average Bonchev–Trinajstić information content (AvgIpc) is 2.51. The van der Waals surface area contributed by atoms with Crippen molar-refractivity contribution in [3.05, 3.63) is 0 Å². The highest BCUT2D eigenvalue weighted by atomic mass is 127. The maximum Gasteiger partial charge on any atom is 0.191 e. The molecule has 0 radical (unpaired) electrons. The van der Waals surface area contributed by atoms with E-state index in [0.29, 0.717) is 11.3 Å². The van der Waals surface area contributed by atoms with Gasteiger partial charge in [-0.05, 0) is 32.6 Å². The maximum absolute atomic E-state index is 12.0. The molecule has 3 atom stereocenters. The minimum absolute atomic E-state index is 0. The number of guanidine groups is 1. The standard InChI is InChI=1S/C15H31N3O2S.HI/c1-4-16-15(17-10-7-11-20-3)18-13-8-6-9-14(12-13)21(19)5-2;/h13-14H,4-12H2,1-3H3,(H2,16,17,18);1H. The second-order valence-corrected chi connectivity index (χ2v) is 7.41. The van der Waals surface area contributed by atoms with E-state index in [1.54, 1.807) is 7.11 Å². The molecule has 22 heavy (non-hydrogen) atoms. The second kappa shape index (κ2) is 13.5. The topological polar surface area (TPSA) is 62.7 Å². The summed E-state index contributed by atoms with van der Waals surface area (Å²) in [5.74, 6) is 1.64. The van der Waals surface area contributed by atoms with E-state index in [9.17, 15) is 4.21 Å². The Morgan fingerprint density at radius 3 is 2.77 bits per heavy atom. The fourth-order valence-corrected chi connectivity index (χ4v) is 4.01. The number of nitrogens with one attached hydrogen (secondary N) is 2. The molecule has 0 heterocycles. The molecule has 1 fully saturated rings. The highest BCUT2D eigenvalue weighted by molar-refractivity contribution is 14.0. The largest absolute Gasteiger partial charge is 0.385 e. The third-order valence-corrected chi connectivity index (χ3v) is 5.48. The SMILES string of the molecule is CCNC(=NCCCOC)NC1CCCC(S(=O)CC)C1.I. The van der Waals surface area contributed by atoms with E-state index in [4.69, 9.17) is 4.74 Å². The smallest absolute Gasteiger partial charge is 0.191 e. The highest BCUT2D eigenvalue weighted by Crippen LogP contribution is 2.22. The van der Waals surface area contributed by atoms with E-state index in [-0.39, 0.29) is 24.0 Å². The van der Waals surface area contributed by atoms with Crippen molar-refractivity contribution in [1.29, 1.82) is 0 Å². The van der Waals surface area contributed by atoms with Gasteiger partial charge in [0.25, 0.3) is 0 Å². The predicted molar refractivity (Wildman–Crippen MR) is 106 cm³/mol. The fraction of sp³-hybridized carbons (Fsp3) is 0.933. The molecule has 132 valence electrons. The number of methoxy groups -OCH3 is 1. The van der Waals surface area contributed by atoms with E-state index in [1.165, 1.54) is 0 Å². The van der Waals surface area contributed by atoms with Gasteiger partial charge in [-0.1, -0.05) is 13.3 Å². The summed E-state index contributed by atoms with van der Waals surface area (Å²) in [6.45, 7) is 6.44. The van der Waals surface area contributed by atoms with Crippen molar-refractivity contribution in [2.24, 2.45) is 4.99 Å². The first-order valence-corrected chi connectivity index (χ1v) is 9.50. The molecule has 0 aromatic heterocycles. The average molecular weight is 445 g/mol. The van der Waals surface area contributed by atoms with Crippen molar-refractivity contribution in [2.75, 3.05) is 32.6 Å². The molecule has 0 aliphatic heterocycles. The summed E-state index contributed by atoms with van der Waals surface area (Å²) in [6, 6.07) is 0.388. The molecular weight excluding hydrogens is 413 g/mol. The molecule has 1 saturated carbocycles. The van der Waals surface area contributed by atoms with Crippen LogP contribution in [0.5, 0.6) is 0 Å². The third kappa shape index (κ3) is 8.67. The second-order valence-electron chi connectivity index (χ2n) is 5.41. The third-order valence-electron chi connectivity index (χ3n) is 3.74. The van der Waals surface area contributed by atoms with E-state index in [1.807, 2.05) is 6.92 Å². The Balaban J connectivity index is 0.00000441. The lowest BCUT2D eigenvalue weighted by molar-refractivity contribution is 0.197. The molecule has 0 saturated heterocycles. The van der Waals surface area contributed by atoms with Gasteiger partial charge in [0.15, 0.2) is 5.96 Å². The minimum atomic E-state index is -0.678. The summed E-state index contributed by atoms with van der Waals surface area (Å²) in [7, 11) is 1.03. The van der Waals surface area contributed by atoms with Crippen LogP contribution in [0.4, 0.5) is 0 Å². The van der Waals surface area contributed by atoms with Crippen LogP contribution in [-0.4, -0.2) is 54.0 Å². The van der Waals surface area contributed by atoms with Crippen molar-refractivity contribution in [2.45, 2.75) is 57.2 Å². The van der Waals surface area contributed by atoms with Gasteiger partial charge in [-0.25, -0.2) is 0 Å². The Labute approximate surface area is 154 Å². The molecule has 5 nitrogen and oxygen atoms in total. The van der Waals surface area contributed by atoms with Crippen LogP contribution < -0.4 is 10.6 Å². The molecule has 0 amide bonds. The van der Waals surface area contributed by atoms with Crippen LogP contribution in [0, 0.1) is 0 Å². The van der Waals surface area contributed by atoms with E-state index in [2.05, 4.69) is 22.5 Å². The summed E-state index contributed by atoms with van der Waals surface area (Å²) in [4.78, 5) is 4.57. The Kier molecular flexibility index (Phi) is 13.6. The lowest BCUT2D eigenvalue weighted by atomic mass is 9.95. The van der Waals surface area contributed by atoms with Crippen molar-refractivity contribution in [1.82, 2.24) is 10.6 Å². The van der Waals surface area contributed by atoms with Crippen LogP contribution in [0.15, 0.2) is 4.99 Å². The van der Waals surface area contributed by atoms with Gasteiger partial charge in [0.2, 0.25) is 0 Å². The molecule has 0 aromatic carbocycles. The van der Waals surface area contributed by atoms with Gasteiger partial charge in [-0.15, -0.1) is 24.0 Å². The summed E-state index contributed by atoms with van der Waals surface area (Å²) >= 11 is 0. The maximum atomic E-state index is 12.0. The van der Waals surface area contributed by atoms with Gasteiger partial charge < -0.3 is 15.4 Å². The lowest BCUT2D eigenvalue weighted by Gasteiger charge is -2.30. The number of halogens is 1. The van der Waals surface area contributed by atoms with E-state index < -0.39 is 10.8 Å². The molecule has 0 aromatic rings. The number of ether oxygens (including phenoxy) is 1. The fourth-order valence-electron chi connectivity index (χ4n) is 2.66. The molecule has 1 aliphatic carbocycles. The molecule has 0 spiro atoms. The number of aliphatic imine (C=N–C) groups is 1. The van der Waals surface area contributed by atoms with Crippen molar-refractivity contribution in [3.63, 3.8) is 0 Å². The summed E-state index contributed by atoms with van der Waals surface area (Å²) in [6.07, 6.45) is 5.31. The molecule has 7 heteroatoms. The first-order valence-electron chi connectivity index (χ1n) is 8.12. The predicted octanol–water partition coefficient (Wildman–Crippen LogP) is 2.28. The molecule has 3 unspecified atom stereocenters. The van der Waals surface area contributed by atoms with Gasteiger partial charge in [0.05, 0.1) is 0 Å². The first-order chi connectivity index (χ1) is 10.2. The number of hydrogen-bond donors (Lipinski definition) is 2. The van der Waals surface area contributed by atoms with Crippen LogP contribution in [0.3, 0.4) is 0 Å². The Morgan fingerprint density at radius 1 is 1.36 bits per heavy atom. The monoisotopic (exact) mass is 445 g/mol. The van der Waals surface area contributed by atoms with Crippen LogP contribution in [0.25, 0.3) is 0 Å². The van der Waals surface area contributed by atoms with Gasteiger partial charge in [0.1, 0.15) is 0 Å². The Hall–Kier alpha value is 0.110. The minimum Gasteiger partial charge on any atom is -0.385 e. The van der Waals surface area contributed by atoms with Crippen LogP contribution >= 0.6 is 24.0 Å². The van der Waals surface area contributed by atoms with Crippen molar-refractivity contribution < 1.29 is 8.95 Å². The van der Waals surface area contributed by atoms with Gasteiger partial charge >= 0.3 is 0 Å². The van der Waals surface area contributed by atoms with Crippen LogP contribution in [0.2, 0.25) is 0 Å². The quantitative estimate of drug-likeness (QED) is 0.261. The summed E-state index contributed by atoms with van der Waals surface area (Å²) in [5, 5.41) is 7.14. The number of rotatable bonds is 8. The number of nitrogens with zero attached hydrogens (tertiary/aromatic N) is 1. The molecule has 1 rings (SSSR count). The van der Waals surface area contributed by atoms with Crippen LogP contribution in [-0.2, 0) is 15.5 Å². The van der Waals surface area contributed by atoms with Gasteiger partial charge in [-0.3, -0.25) is 9.20 Å². The molecular formula is C15H32IN3O2S. The Morgan fingerprint density at radius 2 is 2.14 bits per heavy atom. The lowest BCUT2D eigenvalue weighted by Crippen LogP contribution is -2.46. The zero-order chi connectivity index (χ0) is 15.5. The van der Waals surface area contributed by atoms with Crippen molar-refractivity contribution >= 4 is 40.7 Å². The Bertz CT molecular complexity index is 343. The first kappa shape index (κ1) is 22.1. The van der Waals surface area contributed by atoms with Gasteiger partial charge in [0, 0.05) is 54.7 Å². The number of hydrogen-bond acceptors (Lipinski definition) is 3. The van der Waals surface area contributed by atoms with E-state index >= 15 is 0 Å². The van der Waals surface area contributed by atoms with Crippen molar-refractivity contribution in [3.8, 4) is 0 Å². The van der Waals surface area contributed by atoms with Gasteiger partial charge in [-0.2, -0.15) is 0 Å². The zero-order valence-corrected chi connectivity index (χ0v) is 17.2. The molecule has 2 N–H and O–H groups in total. The normalized spacial score (nSPS) is 23.5. The zero-order valence-electron chi connectivity index (χ0n) is 14.1. The summed E-state index contributed by atoms with van der Waals surface area (Å²) in [5.41, 5.74) is 0. The van der Waals surface area contributed by atoms with E-state index in [0.717, 1.165) is 63.5 Å². The van der Waals surface area contributed by atoms with Crippen LogP contribution in [0.1, 0.15) is 46.0 Å². The molecule has 1 aliphatic rings.